The van der Waals surface area contributed by atoms with Crippen molar-refractivity contribution in [3.63, 3.8) is 0 Å². The van der Waals surface area contributed by atoms with Gasteiger partial charge in [0.2, 0.25) is 11.8 Å². The van der Waals surface area contributed by atoms with Gasteiger partial charge in [0.1, 0.15) is 11.8 Å². The Kier molecular flexibility index (Phi) is 9.22. The lowest BCUT2D eigenvalue weighted by molar-refractivity contribution is -0.141. The summed E-state index contributed by atoms with van der Waals surface area (Å²) in [6, 6.07) is 13.5. The second-order valence-electron chi connectivity index (χ2n) is 9.02. The summed E-state index contributed by atoms with van der Waals surface area (Å²) in [6.45, 7) is 6.22. The van der Waals surface area contributed by atoms with Crippen molar-refractivity contribution in [3.8, 4) is 5.75 Å². The van der Waals surface area contributed by atoms with Gasteiger partial charge < -0.3 is 15.0 Å². The number of hydrogen-bond donors (Lipinski definition) is 1. The van der Waals surface area contributed by atoms with Crippen LogP contribution in [-0.4, -0.2) is 59.2 Å². The summed E-state index contributed by atoms with van der Waals surface area (Å²) in [5.74, 6) is -0.350. The maximum atomic E-state index is 13.4. The zero-order valence-corrected chi connectivity index (χ0v) is 21.5. The van der Waals surface area contributed by atoms with Crippen LogP contribution in [0, 0.1) is 0 Å². The van der Waals surface area contributed by atoms with E-state index < -0.39 is 6.04 Å². The van der Waals surface area contributed by atoms with Crippen molar-refractivity contribution >= 4 is 23.6 Å². The second-order valence-corrected chi connectivity index (χ2v) is 9.02. The summed E-state index contributed by atoms with van der Waals surface area (Å²) in [4.78, 5) is 54.5. The molecule has 192 valence electrons. The molecular formula is C28H35N3O5. The molecule has 8 nitrogen and oxygen atoms in total. The van der Waals surface area contributed by atoms with E-state index in [9.17, 15) is 19.2 Å². The molecule has 0 saturated carbocycles. The van der Waals surface area contributed by atoms with Gasteiger partial charge in [-0.15, -0.1) is 0 Å². The number of fused-ring (bicyclic) bond motifs is 1. The highest BCUT2D eigenvalue weighted by Crippen LogP contribution is 2.23. The third-order valence-electron chi connectivity index (χ3n) is 6.55. The van der Waals surface area contributed by atoms with Gasteiger partial charge in [-0.05, 0) is 56.0 Å². The minimum Gasteiger partial charge on any atom is -0.497 e. The van der Waals surface area contributed by atoms with E-state index in [0.717, 1.165) is 12.0 Å². The average Bonchev–Trinajstić information content (AvgIpc) is 3.13. The van der Waals surface area contributed by atoms with Gasteiger partial charge in [0.05, 0.1) is 18.2 Å². The molecule has 0 bridgehead atoms. The molecule has 36 heavy (non-hydrogen) atoms. The van der Waals surface area contributed by atoms with Gasteiger partial charge in [-0.3, -0.25) is 24.1 Å². The highest BCUT2D eigenvalue weighted by Gasteiger charge is 2.35. The summed E-state index contributed by atoms with van der Waals surface area (Å²) in [5, 5.41) is 2.99. The van der Waals surface area contributed by atoms with Gasteiger partial charge in [-0.1, -0.05) is 38.1 Å². The van der Waals surface area contributed by atoms with Gasteiger partial charge in [-0.25, -0.2) is 0 Å². The lowest BCUT2D eigenvalue weighted by Crippen LogP contribution is -2.50. The van der Waals surface area contributed by atoms with Crippen molar-refractivity contribution in [2.24, 2.45) is 0 Å². The summed E-state index contributed by atoms with van der Waals surface area (Å²) < 4.78 is 5.22. The number of ether oxygens (including phenoxy) is 1. The predicted molar refractivity (Wildman–Crippen MR) is 137 cm³/mol. The topological polar surface area (TPSA) is 96.0 Å². The fourth-order valence-electron chi connectivity index (χ4n) is 4.26. The van der Waals surface area contributed by atoms with Crippen LogP contribution in [0.4, 0.5) is 0 Å². The molecule has 0 radical (unpaired) electrons. The summed E-state index contributed by atoms with van der Waals surface area (Å²) in [7, 11) is 1.59. The fourth-order valence-corrected chi connectivity index (χ4v) is 4.26. The Morgan fingerprint density at radius 3 is 2.11 bits per heavy atom. The Balaban J connectivity index is 1.71. The maximum Gasteiger partial charge on any atom is 0.261 e. The standard InChI is InChI=1S/C28H35N3O5/c1-5-19(3)29-26(33)24(6-2)31(18-20-13-15-21(36-4)16-14-20)25(32)12-9-17-30-27(34)22-10-7-8-11-23(22)28(30)35/h7-8,10-11,13-16,19,24H,5-6,9,12,17-18H2,1-4H3,(H,29,33)/t19-,24-/m1/s1. The first-order valence-corrected chi connectivity index (χ1v) is 12.5. The molecule has 1 aliphatic rings. The zero-order chi connectivity index (χ0) is 26.2. The number of benzene rings is 2. The fraction of sp³-hybridized carbons (Fsp3) is 0.429. The highest BCUT2D eigenvalue weighted by molar-refractivity contribution is 6.21. The number of amides is 4. The summed E-state index contributed by atoms with van der Waals surface area (Å²) >= 11 is 0. The quantitative estimate of drug-likeness (QED) is 0.454. The molecule has 2 aromatic carbocycles. The molecule has 8 heteroatoms. The van der Waals surface area contributed by atoms with Crippen molar-refractivity contribution in [2.45, 2.75) is 65.1 Å². The minimum absolute atomic E-state index is 0.00156. The SMILES string of the molecule is CC[C@@H](C)NC(=O)[C@@H](CC)N(Cc1ccc(OC)cc1)C(=O)CCCN1C(=O)c2ccccc2C1=O. The largest absolute Gasteiger partial charge is 0.497 e. The number of imide groups is 1. The van der Waals surface area contributed by atoms with Crippen LogP contribution < -0.4 is 10.1 Å². The van der Waals surface area contributed by atoms with E-state index in [4.69, 9.17) is 4.74 Å². The van der Waals surface area contributed by atoms with Crippen molar-refractivity contribution in [3.05, 3.63) is 65.2 Å². The van der Waals surface area contributed by atoms with Crippen LogP contribution in [0.3, 0.4) is 0 Å². The van der Waals surface area contributed by atoms with Crippen LogP contribution in [0.5, 0.6) is 5.75 Å². The van der Waals surface area contributed by atoms with Crippen molar-refractivity contribution in [2.75, 3.05) is 13.7 Å². The Labute approximate surface area is 212 Å². The molecule has 0 saturated heterocycles. The highest BCUT2D eigenvalue weighted by atomic mass is 16.5. The van der Waals surface area contributed by atoms with E-state index in [1.807, 2.05) is 45.0 Å². The van der Waals surface area contributed by atoms with Crippen LogP contribution in [0.2, 0.25) is 0 Å². The second kappa shape index (κ2) is 12.3. The number of nitrogens with one attached hydrogen (secondary N) is 1. The molecule has 0 fully saturated rings. The van der Waals surface area contributed by atoms with E-state index in [1.165, 1.54) is 4.90 Å². The van der Waals surface area contributed by atoms with E-state index in [1.54, 1.807) is 36.3 Å². The third kappa shape index (κ3) is 6.11. The first-order chi connectivity index (χ1) is 17.3. The molecule has 2 atom stereocenters. The van der Waals surface area contributed by atoms with Crippen LogP contribution in [0.15, 0.2) is 48.5 Å². The van der Waals surface area contributed by atoms with Gasteiger partial charge in [0.25, 0.3) is 11.8 Å². The third-order valence-corrected chi connectivity index (χ3v) is 6.55. The van der Waals surface area contributed by atoms with Crippen molar-refractivity contribution in [1.29, 1.82) is 0 Å². The smallest absolute Gasteiger partial charge is 0.261 e. The number of nitrogens with zero attached hydrogens (tertiary/aromatic N) is 2. The Bertz CT molecular complexity index is 1060. The monoisotopic (exact) mass is 493 g/mol. The molecule has 0 spiro atoms. The summed E-state index contributed by atoms with van der Waals surface area (Å²) in [5.41, 5.74) is 1.66. The Morgan fingerprint density at radius 1 is 0.972 bits per heavy atom. The normalized spacial score (nSPS) is 14.3. The van der Waals surface area contributed by atoms with E-state index in [-0.39, 0.29) is 49.2 Å². The lowest BCUT2D eigenvalue weighted by Gasteiger charge is -2.31. The average molecular weight is 494 g/mol. The molecule has 2 aromatic rings. The molecule has 1 aliphatic heterocycles. The molecule has 1 N–H and O–H groups in total. The Morgan fingerprint density at radius 2 is 1.58 bits per heavy atom. The molecule has 1 heterocycles. The number of methoxy groups -OCH3 is 1. The molecule has 4 amide bonds. The van der Waals surface area contributed by atoms with Crippen LogP contribution in [0.1, 0.15) is 72.7 Å². The first-order valence-electron chi connectivity index (χ1n) is 12.5. The van der Waals surface area contributed by atoms with E-state index in [2.05, 4.69) is 5.32 Å². The molecule has 0 unspecified atom stereocenters. The number of carbonyl (C=O) groups is 4. The van der Waals surface area contributed by atoms with Crippen LogP contribution in [-0.2, 0) is 16.1 Å². The predicted octanol–water partition coefficient (Wildman–Crippen LogP) is 3.79. The number of carbonyl (C=O) groups excluding carboxylic acids is 4. The molecular weight excluding hydrogens is 458 g/mol. The zero-order valence-electron chi connectivity index (χ0n) is 21.5. The van der Waals surface area contributed by atoms with Crippen molar-refractivity contribution in [1.82, 2.24) is 15.1 Å². The molecule has 0 aliphatic carbocycles. The maximum absolute atomic E-state index is 13.4. The van der Waals surface area contributed by atoms with E-state index >= 15 is 0 Å². The summed E-state index contributed by atoms with van der Waals surface area (Å²) in [6.07, 6.45) is 1.67. The van der Waals surface area contributed by atoms with Crippen molar-refractivity contribution < 1.29 is 23.9 Å². The Hall–Kier alpha value is -3.68. The van der Waals surface area contributed by atoms with Gasteiger partial charge in [0.15, 0.2) is 0 Å². The van der Waals surface area contributed by atoms with Crippen LogP contribution >= 0.6 is 0 Å². The number of hydrogen-bond acceptors (Lipinski definition) is 5. The minimum atomic E-state index is -0.632. The molecule has 0 aromatic heterocycles. The first kappa shape index (κ1) is 26.9. The lowest BCUT2D eigenvalue weighted by atomic mass is 10.1. The van der Waals surface area contributed by atoms with Gasteiger partial charge >= 0.3 is 0 Å². The van der Waals surface area contributed by atoms with Crippen LogP contribution in [0.25, 0.3) is 0 Å². The van der Waals surface area contributed by atoms with E-state index in [0.29, 0.717) is 29.7 Å². The number of rotatable bonds is 12. The molecule has 3 rings (SSSR count). The van der Waals surface area contributed by atoms with Gasteiger partial charge in [0, 0.05) is 25.6 Å². The van der Waals surface area contributed by atoms with Gasteiger partial charge in [-0.2, -0.15) is 0 Å².